The van der Waals surface area contributed by atoms with Crippen molar-refractivity contribution in [3.05, 3.63) is 21.7 Å². The molecular formula is C10H12N2O6. The van der Waals surface area contributed by atoms with Gasteiger partial charge >= 0.3 is 5.69 Å². The second kappa shape index (κ2) is 5.21. The fraction of sp³-hybridized carbons (Fsp3) is 0.300. The Morgan fingerprint density at radius 2 is 1.78 bits per heavy atom. The molecule has 0 aromatic heterocycles. The highest BCUT2D eigenvalue weighted by molar-refractivity contribution is 5.99. The highest BCUT2D eigenvalue weighted by atomic mass is 16.6. The topological polar surface area (TPSA) is 114 Å². The third-order valence-corrected chi connectivity index (χ3v) is 2.25. The molecule has 0 saturated heterocycles. The van der Waals surface area contributed by atoms with E-state index in [1.165, 1.54) is 21.3 Å². The molecule has 18 heavy (non-hydrogen) atoms. The molecule has 1 amide bonds. The van der Waals surface area contributed by atoms with Crippen LogP contribution in [0.4, 0.5) is 5.69 Å². The smallest absolute Gasteiger partial charge is 0.327 e. The van der Waals surface area contributed by atoms with Crippen LogP contribution >= 0.6 is 0 Å². The van der Waals surface area contributed by atoms with Crippen molar-refractivity contribution in [2.45, 2.75) is 0 Å². The number of nitro benzene ring substituents is 1. The maximum Gasteiger partial charge on any atom is 0.327 e. The maximum atomic E-state index is 11.2. The Hall–Kier alpha value is -2.51. The standard InChI is InChI=1S/C10H12N2O6/c1-16-6-4-5(10(11)13)7(12(14)15)9(18-3)8(6)17-2/h4H,1-3H3,(H2,11,13). The number of amides is 1. The molecule has 0 aliphatic heterocycles. The number of benzene rings is 1. The zero-order valence-corrected chi connectivity index (χ0v) is 10.1. The van der Waals surface area contributed by atoms with Crippen LogP contribution in [0, 0.1) is 10.1 Å². The number of nitrogens with zero attached hydrogens (tertiary/aromatic N) is 1. The van der Waals surface area contributed by atoms with Crippen LogP contribution in [0.1, 0.15) is 10.4 Å². The van der Waals surface area contributed by atoms with E-state index in [1.54, 1.807) is 0 Å². The van der Waals surface area contributed by atoms with Gasteiger partial charge < -0.3 is 19.9 Å². The second-order valence-corrected chi connectivity index (χ2v) is 3.16. The summed E-state index contributed by atoms with van der Waals surface area (Å²) in [5, 5.41) is 11.0. The Bertz CT molecular complexity index is 500. The molecule has 2 N–H and O–H groups in total. The predicted molar refractivity (Wildman–Crippen MR) is 61.3 cm³/mol. The minimum Gasteiger partial charge on any atom is -0.493 e. The van der Waals surface area contributed by atoms with Crippen molar-refractivity contribution in [3.8, 4) is 17.2 Å². The Morgan fingerprint density at radius 3 is 2.11 bits per heavy atom. The van der Waals surface area contributed by atoms with Gasteiger partial charge in [0.25, 0.3) is 5.91 Å². The number of nitrogens with two attached hydrogens (primary N) is 1. The largest absolute Gasteiger partial charge is 0.493 e. The van der Waals surface area contributed by atoms with Gasteiger partial charge in [-0.05, 0) is 0 Å². The van der Waals surface area contributed by atoms with Crippen LogP contribution in [0.2, 0.25) is 0 Å². The van der Waals surface area contributed by atoms with Crippen molar-refractivity contribution in [1.82, 2.24) is 0 Å². The number of primary amides is 1. The molecular weight excluding hydrogens is 244 g/mol. The van der Waals surface area contributed by atoms with E-state index in [0.29, 0.717) is 0 Å². The number of hydrogen-bond acceptors (Lipinski definition) is 6. The van der Waals surface area contributed by atoms with E-state index in [4.69, 9.17) is 19.9 Å². The fourth-order valence-corrected chi connectivity index (χ4v) is 1.51. The van der Waals surface area contributed by atoms with Gasteiger partial charge in [0.05, 0.1) is 26.3 Å². The summed E-state index contributed by atoms with van der Waals surface area (Å²) >= 11 is 0. The van der Waals surface area contributed by atoms with E-state index in [-0.39, 0.29) is 22.8 Å². The molecule has 1 aromatic carbocycles. The summed E-state index contributed by atoms with van der Waals surface area (Å²) in [6.07, 6.45) is 0. The Kier molecular flexibility index (Phi) is 3.93. The van der Waals surface area contributed by atoms with Gasteiger partial charge in [-0.15, -0.1) is 0 Å². The minimum atomic E-state index is -0.957. The van der Waals surface area contributed by atoms with Gasteiger partial charge in [0, 0.05) is 6.07 Å². The summed E-state index contributed by atoms with van der Waals surface area (Å²) in [6.45, 7) is 0. The lowest BCUT2D eigenvalue weighted by molar-refractivity contribution is -0.386. The van der Waals surface area contributed by atoms with Crippen molar-refractivity contribution >= 4 is 11.6 Å². The molecule has 1 rings (SSSR count). The summed E-state index contributed by atoms with van der Waals surface area (Å²) in [5.41, 5.74) is 4.23. The molecule has 0 saturated carbocycles. The minimum absolute atomic E-state index is 0.0247. The van der Waals surface area contributed by atoms with E-state index in [0.717, 1.165) is 6.07 Å². The monoisotopic (exact) mass is 256 g/mol. The van der Waals surface area contributed by atoms with Gasteiger partial charge in [-0.2, -0.15) is 0 Å². The summed E-state index contributed by atoms with van der Waals surface area (Å²) in [6, 6.07) is 1.14. The molecule has 0 atom stereocenters. The van der Waals surface area contributed by atoms with Crippen LogP contribution < -0.4 is 19.9 Å². The lowest BCUT2D eigenvalue weighted by Gasteiger charge is -2.13. The molecule has 8 heteroatoms. The number of nitro groups is 1. The highest BCUT2D eigenvalue weighted by Crippen LogP contribution is 2.45. The Morgan fingerprint density at radius 1 is 1.22 bits per heavy atom. The molecule has 0 heterocycles. The van der Waals surface area contributed by atoms with E-state index >= 15 is 0 Å². The van der Waals surface area contributed by atoms with Crippen LogP contribution in [0.5, 0.6) is 17.2 Å². The maximum absolute atomic E-state index is 11.2. The van der Waals surface area contributed by atoms with E-state index < -0.39 is 16.5 Å². The quantitative estimate of drug-likeness (QED) is 0.613. The molecule has 0 aliphatic rings. The summed E-state index contributed by atoms with van der Waals surface area (Å²) in [7, 11) is 3.84. The summed E-state index contributed by atoms with van der Waals surface area (Å²) in [4.78, 5) is 21.5. The molecule has 1 aromatic rings. The van der Waals surface area contributed by atoms with Crippen LogP contribution in [-0.2, 0) is 0 Å². The van der Waals surface area contributed by atoms with Crippen molar-refractivity contribution in [3.63, 3.8) is 0 Å². The second-order valence-electron chi connectivity index (χ2n) is 3.16. The number of hydrogen-bond donors (Lipinski definition) is 1. The number of methoxy groups -OCH3 is 3. The van der Waals surface area contributed by atoms with Crippen molar-refractivity contribution in [1.29, 1.82) is 0 Å². The molecule has 0 bridgehead atoms. The van der Waals surface area contributed by atoms with Crippen LogP contribution in [0.3, 0.4) is 0 Å². The third-order valence-electron chi connectivity index (χ3n) is 2.25. The SMILES string of the molecule is COc1cc(C(N)=O)c([N+](=O)[O-])c(OC)c1OC. The molecule has 0 spiro atoms. The molecule has 0 aliphatic carbocycles. The number of rotatable bonds is 5. The van der Waals surface area contributed by atoms with Gasteiger partial charge in [0.15, 0.2) is 5.75 Å². The van der Waals surface area contributed by atoms with Gasteiger partial charge in [-0.1, -0.05) is 0 Å². The van der Waals surface area contributed by atoms with Crippen LogP contribution in [-0.4, -0.2) is 32.2 Å². The average molecular weight is 256 g/mol. The first-order valence-electron chi connectivity index (χ1n) is 4.75. The zero-order chi connectivity index (χ0) is 13.9. The van der Waals surface area contributed by atoms with Gasteiger partial charge in [-0.3, -0.25) is 14.9 Å². The molecule has 0 unspecified atom stereocenters. The normalized spacial score (nSPS) is 9.72. The third kappa shape index (κ3) is 2.12. The molecule has 8 nitrogen and oxygen atoms in total. The first-order valence-corrected chi connectivity index (χ1v) is 4.75. The molecule has 0 fully saturated rings. The Labute approximate surface area is 102 Å². The first kappa shape index (κ1) is 13.6. The molecule has 98 valence electrons. The van der Waals surface area contributed by atoms with Gasteiger partial charge in [0.2, 0.25) is 11.5 Å². The average Bonchev–Trinajstić information content (AvgIpc) is 2.35. The Balaban J connectivity index is 3.74. The van der Waals surface area contributed by atoms with Crippen molar-refractivity contribution in [2.75, 3.05) is 21.3 Å². The number of carbonyl (C=O) groups excluding carboxylic acids is 1. The highest BCUT2D eigenvalue weighted by Gasteiger charge is 2.31. The van der Waals surface area contributed by atoms with Gasteiger partial charge in [-0.25, -0.2) is 0 Å². The summed E-state index contributed by atoms with van der Waals surface area (Å²) < 4.78 is 14.9. The first-order chi connectivity index (χ1) is 8.47. The lowest BCUT2D eigenvalue weighted by Crippen LogP contribution is -2.15. The predicted octanol–water partition coefficient (Wildman–Crippen LogP) is 0.719. The summed E-state index contributed by atoms with van der Waals surface area (Å²) in [5.74, 6) is -1.03. The van der Waals surface area contributed by atoms with E-state index in [1.807, 2.05) is 0 Å². The fourth-order valence-electron chi connectivity index (χ4n) is 1.51. The van der Waals surface area contributed by atoms with Crippen molar-refractivity contribution < 1.29 is 23.9 Å². The lowest BCUT2D eigenvalue weighted by atomic mass is 10.1. The number of carbonyl (C=O) groups is 1. The number of ether oxygens (including phenoxy) is 3. The van der Waals surface area contributed by atoms with Crippen LogP contribution in [0.25, 0.3) is 0 Å². The zero-order valence-electron chi connectivity index (χ0n) is 10.1. The van der Waals surface area contributed by atoms with Crippen molar-refractivity contribution in [2.24, 2.45) is 5.73 Å². The van der Waals surface area contributed by atoms with Gasteiger partial charge in [0.1, 0.15) is 5.56 Å². The molecule has 0 radical (unpaired) electrons. The van der Waals surface area contributed by atoms with E-state index in [9.17, 15) is 14.9 Å². The van der Waals surface area contributed by atoms with Crippen LogP contribution in [0.15, 0.2) is 6.07 Å². The van der Waals surface area contributed by atoms with E-state index in [2.05, 4.69) is 0 Å².